The first-order valence-corrected chi connectivity index (χ1v) is 11.8. The first-order chi connectivity index (χ1) is 14.8. The van der Waals surface area contributed by atoms with E-state index in [-0.39, 0.29) is 17.0 Å². The minimum absolute atomic E-state index is 0.124. The molecule has 31 heavy (non-hydrogen) atoms. The van der Waals surface area contributed by atoms with Gasteiger partial charge in [0, 0.05) is 32.9 Å². The minimum Gasteiger partial charge on any atom is -0.327 e. The van der Waals surface area contributed by atoms with Gasteiger partial charge in [-0.15, -0.1) is 0 Å². The number of urea groups is 1. The number of nitrogens with one attached hydrogen (secondary N) is 1. The molecule has 1 aliphatic rings. The predicted molar refractivity (Wildman–Crippen MR) is 120 cm³/mol. The Labute approximate surface area is 182 Å². The highest BCUT2D eigenvalue weighted by Gasteiger charge is 2.33. The van der Waals surface area contributed by atoms with E-state index in [1.807, 2.05) is 24.3 Å². The molecule has 1 N–H and O–H groups in total. The van der Waals surface area contributed by atoms with Crippen LogP contribution < -0.4 is 5.32 Å². The number of imidazole rings is 1. The van der Waals surface area contributed by atoms with Crippen LogP contribution in [0.15, 0.2) is 53.4 Å². The van der Waals surface area contributed by atoms with Crippen LogP contribution in [0, 0.1) is 0 Å². The molecule has 0 aliphatic carbocycles. The molecular weight excluding hydrogens is 414 g/mol. The summed E-state index contributed by atoms with van der Waals surface area (Å²) in [5.74, 6) is 0.889. The minimum atomic E-state index is -3.58. The van der Waals surface area contributed by atoms with E-state index < -0.39 is 10.0 Å². The molecule has 0 saturated carbocycles. The van der Waals surface area contributed by atoms with Crippen LogP contribution >= 0.6 is 0 Å². The Hall–Kier alpha value is -2.91. The van der Waals surface area contributed by atoms with Crippen LogP contribution in [0.4, 0.5) is 10.5 Å². The SMILES string of the molecule is CCn1c(C2CCCN2C(=O)Nc2cccc(S(=O)(=O)N(C)C)c2)nc2ccccc21. The van der Waals surface area contributed by atoms with Crippen molar-refractivity contribution in [3.63, 3.8) is 0 Å². The van der Waals surface area contributed by atoms with E-state index in [4.69, 9.17) is 4.98 Å². The average molecular weight is 442 g/mol. The fraction of sp³-hybridized carbons (Fsp3) is 0.364. The van der Waals surface area contributed by atoms with Crippen LogP contribution in [-0.4, -0.2) is 53.8 Å². The highest BCUT2D eigenvalue weighted by atomic mass is 32.2. The summed E-state index contributed by atoms with van der Waals surface area (Å²) in [4.78, 5) is 19.9. The smallest absolute Gasteiger partial charge is 0.322 e. The summed E-state index contributed by atoms with van der Waals surface area (Å²) in [5, 5.41) is 2.87. The quantitative estimate of drug-likeness (QED) is 0.654. The Morgan fingerprint density at radius 1 is 1.19 bits per heavy atom. The van der Waals surface area contributed by atoms with E-state index in [1.54, 1.807) is 17.0 Å². The van der Waals surface area contributed by atoms with Gasteiger partial charge in [-0.3, -0.25) is 0 Å². The third kappa shape index (κ3) is 3.90. The first kappa shape index (κ1) is 21.3. The second-order valence-corrected chi connectivity index (χ2v) is 9.95. The molecule has 2 aromatic carbocycles. The topological polar surface area (TPSA) is 87.5 Å². The van der Waals surface area contributed by atoms with Crippen LogP contribution in [0.2, 0.25) is 0 Å². The van der Waals surface area contributed by atoms with Crippen LogP contribution in [0.1, 0.15) is 31.6 Å². The van der Waals surface area contributed by atoms with Crippen LogP contribution in [0.5, 0.6) is 0 Å². The van der Waals surface area contributed by atoms with Crippen molar-refractivity contribution in [3.05, 3.63) is 54.4 Å². The van der Waals surface area contributed by atoms with Crippen molar-refractivity contribution in [2.45, 2.75) is 37.2 Å². The number of para-hydroxylation sites is 2. The molecule has 0 bridgehead atoms. The lowest BCUT2D eigenvalue weighted by molar-refractivity contribution is 0.204. The third-order valence-corrected chi connectivity index (χ3v) is 7.49. The van der Waals surface area contributed by atoms with E-state index >= 15 is 0 Å². The molecule has 2 heterocycles. The monoisotopic (exact) mass is 441 g/mol. The number of hydrogen-bond acceptors (Lipinski definition) is 4. The van der Waals surface area contributed by atoms with E-state index in [0.29, 0.717) is 12.2 Å². The standard InChI is InChI=1S/C22H27N5O3S/c1-4-26-19-12-6-5-11-18(19)24-21(26)20-13-8-14-27(20)22(28)23-16-9-7-10-17(15-16)31(29,30)25(2)3/h5-7,9-12,15,20H,4,8,13-14H2,1-3H3,(H,23,28). The molecule has 1 saturated heterocycles. The summed E-state index contributed by atoms with van der Waals surface area (Å²) >= 11 is 0. The van der Waals surface area contributed by atoms with Gasteiger partial charge in [0.15, 0.2) is 0 Å². The second-order valence-electron chi connectivity index (χ2n) is 7.80. The molecule has 1 aromatic heterocycles. The number of fused-ring (bicyclic) bond motifs is 1. The van der Waals surface area contributed by atoms with Crippen molar-refractivity contribution in [3.8, 4) is 0 Å². The number of rotatable bonds is 5. The summed E-state index contributed by atoms with van der Waals surface area (Å²) in [7, 11) is -0.614. The molecule has 1 atom stereocenters. The predicted octanol–water partition coefficient (Wildman–Crippen LogP) is 3.68. The van der Waals surface area contributed by atoms with Crippen molar-refractivity contribution >= 4 is 32.8 Å². The fourth-order valence-electron chi connectivity index (χ4n) is 4.10. The number of aromatic nitrogens is 2. The number of sulfonamides is 1. The van der Waals surface area contributed by atoms with E-state index in [0.717, 1.165) is 40.5 Å². The lowest BCUT2D eigenvalue weighted by Gasteiger charge is -2.25. The highest BCUT2D eigenvalue weighted by molar-refractivity contribution is 7.89. The van der Waals surface area contributed by atoms with E-state index in [2.05, 4.69) is 16.8 Å². The van der Waals surface area contributed by atoms with Crippen molar-refractivity contribution in [1.29, 1.82) is 0 Å². The number of hydrogen-bond donors (Lipinski definition) is 1. The lowest BCUT2D eigenvalue weighted by Crippen LogP contribution is -2.35. The van der Waals surface area contributed by atoms with E-state index in [9.17, 15) is 13.2 Å². The van der Waals surface area contributed by atoms with Gasteiger partial charge < -0.3 is 14.8 Å². The molecule has 1 fully saturated rings. The molecule has 0 spiro atoms. The second kappa shape index (κ2) is 8.32. The number of anilines is 1. The largest absolute Gasteiger partial charge is 0.327 e. The number of benzene rings is 2. The molecule has 1 unspecified atom stereocenters. The number of carbonyl (C=O) groups is 1. The maximum atomic E-state index is 13.1. The Bertz CT molecular complexity index is 1220. The zero-order valence-electron chi connectivity index (χ0n) is 17.9. The van der Waals surface area contributed by atoms with Gasteiger partial charge in [-0.2, -0.15) is 0 Å². The molecule has 1 aliphatic heterocycles. The molecule has 0 radical (unpaired) electrons. The van der Waals surface area contributed by atoms with Gasteiger partial charge >= 0.3 is 6.03 Å². The molecule has 3 aromatic rings. The molecule has 4 rings (SSSR count). The van der Waals surface area contributed by atoms with Gasteiger partial charge in [-0.25, -0.2) is 22.5 Å². The van der Waals surface area contributed by atoms with Crippen molar-refractivity contribution in [2.75, 3.05) is 26.0 Å². The third-order valence-electron chi connectivity index (χ3n) is 5.68. The van der Waals surface area contributed by atoms with Crippen molar-refractivity contribution in [1.82, 2.24) is 18.8 Å². The maximum Gasteiger partial charge on any atom is 0.322 e. The lowest BCUT2D eigenvalue weighted by atomic mass is 10.2. The number of carbonyl (C=O) groups excluding carboxylic acids is 1. The molecule has 2 amide bonds. The van der Waals surface area contributed by atoms with Gasteiger partial charge in [0.05, 0.1) is 22.0 Å². The zero-order valence-corrected chi connectivity index (χ0v) is 18.8. The van der Waals surface area contributed by atoms with Crippen LogP contribution in [0.3, 0.4) is 0 Å². The molecule has 8 nitrogen and oxygen atoms in total. The van der Waals surface area contributed by atoms with Crippen LogP contribution in [0.25, 0.3) is 11.0 Å². The number of likely N-dealkylation sites (tertiary alicyclic amines) is 1. The number of amides is 2. The van der Waals surface area contributed by atoms with E-state index in [1.165, 1.54) is 26.2 Å². The summed E-state index contributed by atoms with van der Waals surface area (Å²) in [5.41, 5.74) is 2.43. The van der Waals surface area contributed by atoms with Gasteiger partial charge in [-0.1, -0.05) is 18.2 Å². The van der Waals surface area contributed by atoms with Gasteiger partial charge in [0.1, 0.15) is 5.82 Å². The molecule has 164 valence electrons. The average Bonchev–Trinajstić information content (AvgIpc) is 3.38. The Morgan fingerprint density at radius 3 is 2.71 bits per heavy atom. The first-order valence-electron chi connectivity index (χ1n) is 10.4. The van der Waals surface area contributed by atoms with Gasteiger partial charge in [0.2, 0.25) is 10.0 Å². The van der Waals surface area contributed by atoms with Gasteiger partial charge in [0.25, 0.3) is 0 Å². The fourth-order valence-corrected chi connectivity index (χ4v) is 5.05. The zero-order chi connectivity index (χ0) is 22.2. The summed E-state index contributed by atoms with van der Waals surface area (Å²) in [6.45, 7) is 3.47. The van der Waals surface area contributed by atoms with Crippen molar-refractivity contribution in [2.24, 2.45) is 0 Å². The van der Waals surface area contributed by atoms with Crippen molar-refractivity contribution < 1.29 is 13.2 Å². The Morgan fingerprint density at radius 2 is 1.97 bits per heavy atom. The summed E-state index contributed by atoms with van der Waals surface area (Å²) < 4.78 is 28.1. The highest BCUT2D eigenvalue weighted by Crippen LogP contribution is 2.34. The Balaban J connectivity index is 1.60. The number of nitrogens with zero attached hydrogens (tertiary/aromatic N) is 4. The molecule has 9 heteroatoms. The van der Waals surface area contributed by atoms with Crippen LogP contribution in [-0.2, 0) is 16.6 Å². The Kier molecular flexibility index (Phi) is 5.72. The normalized spacial score (nSPS) is 16.9. The summed E-state index contributed by atoms with van der Waals surface area (Å²) in [6, 6.07) is 13.9. The van der Waals surface area contributed by atoms with Gasteiger partial charge in [-0.05, 0) is 50.1 Å². The molecular formula is C22H27N5O3S. The number of aryl methyl sites for hydroxylation is 1. The summed E-state index contributed by atoms with van der Waals surface area (Å²) in [6.07, 6.45) is 1.73. The maximum absolute atomic E-state index is 13.1.